The summed E-state index contributed by atoms with van der Waals surface area (Å²) in [6.07, 6.45) is 7.59. The molecule has 0 aromatic heterocycles. The van der Waals surface area contributed by atoms with Crippen molar-refractivity contribution in [3.8, 4) is 11.5 Å². The molecule has 0 amide bonds. The number of benzene rings is 1. The first-order valence-corrected chi connectivity index (χ1v) is 8.03. The fraction of sp³-hybridized carbons (Fsp3) is 0.625. The second-order valence-electron chi connectivity index (χ2n) is 5.40. The van der Waals surface area contributed by atoms with Crippen LogP contribution in [0.15, 0.2) is 12.1 Å². The van der Waals surface area contributed by atoms with Crippen LogP contribution in [0.25, 0.3) is 0 Å². The van der Waals surface area contributed by atoms with Gasteiger partial charge < -0.3 is 9.47 Å². The van der Waals surface area contributed by atoms with Crippen molar-refractivity contribution in [1.82, 2.24) is 0 Å². The Kier molecular flexibility index (Phi) is 5.86. The summed E-state index contributed by atoms with van der Waals surface area (Å²) in [6.45, 7) is 0. The first-order chi connectivity index (χ1) is 9.67. The molecule has 4 heteroatoms. The van der Waals surface area contributed by atoms with Crippen molar-refractivity contribution < 1.29 is 9.47 Å². The largest absolute Gasteiger partial charge is 0.495 e. The van der Waals surface area contributed by atoms with E-state index in [-0.39, 0.29) is 5.38 Å². The molecular formula is C16H22Cl2O2. The molecule has 0 aliphatic heterocycles. The van der Waals surface area contributed by atoms with Crippen molar-refractivity contribution in [2.45, 2.75) is 43.9 Å². The van der Waals surface area contributed by atoms with E-state index in [1.54, 1.807) is 14.2 Å². The molecule has 1 saturated carbocycles. The lowest BCUT2D eigenvalue weighted by molar-refractivity contribution is 0.389. The minimum absolute atomic E-state index is 0.0612. The number of ether oxygens (including phenoxy) is 2. The summed E-state index contributed by atoms with van der Waals surface area (Å²) in [5.41, 5.74) is 0.956. The lowest BCUT2D eigenvalue weighted by Gasteiger charge is -2.18. The summed E-state index contributed by atoms with van der Waals surface area (Å²) < 4.78 is 10.6. The summed E-state index contributed by atoms with van der Waals surface area (Å²) in [7, 11) is 3.21. The van der Waals surface area contributed by atoms with Gasteiger partial charge in [0.25, 0.3) is 0 Å². The van der Waals surface area contributed by atoms with E-state index in [9.17, 15) is 0 Å². The van der Waals surface area contributed by atoms with Crippen LogP contribution >= 0.6 is 23.2 Å². The van der Waals surface area contributed by atoms with Gasteiger partial charge in [0, 0.05) is 5.56 Å². The second kappa shape index (κ2) is 7.42. The first kappa shape index (κ1) is 15.8. The Hall–Kier alpha value is -0.600. The Morgan fingerprint density at radius 1 is 1.20 bits per heavy atom. The standard InChI is InChI=1S/C16H22Cl2O2/c1-19-14-10-8-12(16(20-2)15(14)18)13(17)9-7-11-5-3-4-6-11/h8,10-11,13H,3-7,9H2,1-2H3. The van der Waals surface area contributed by atoms with Gasteiger partial charge in [-0.2, -0.15) is 0 Å². The van der Waals surface area contributed by atoms with Gasteiger partial charge in [-0.1, -0.05) is 43.4 Å². The van der Waals surface area contributed by atoms with Crippen molar-refractivity contribution in [3.05, 3.63) is 22.7 Å². The van der Waals surface area contributed by atoms with Gasteiger partial charge in [0.2, 0.25) is 0 Å². The average molecular weight is 317 g/mol. The van der Waals surface area contributed by atoms with E-state index in [0.29, 0.717) is 16.5 Å². The number of rotatable bonds is 6. The van der Waals surface area contributed by atoms with Gasteiger partial charge in [0.05, 0.1) is 19.6 Å². The zero-order valence-corrected chi connectivity index (χ0v) is 13.6. The summed E-state index contributed by atoms with van der Waals surface area (Å²) in [4.78, 5) is 0. The molecule has 2 rings (SSSR count). The Morgan fingerprint density at radius 2 is 1.90 bits per heavy atom. The van der Waals surface area contributed by atoms with E-state index in [1.165, 1.54) is 32.1 Å². The van der Waals surface area contributed by atoms with Crippen LogP contribution in [0.3, 0.4) is 0 Å². The van der Waals surface area contributed by atoms with Crippen LogP contribution in [0.2, 0.25) is 5.02 Å². The number of hydrogen-bond donors (Lipinski definition) is 0. The predicted molar refractivity (Wildman–Crippen MR) is 84.3 cm³/mol. The van der Waals surface area contributed by atoms with Crippen LogP contribution in [0.4, 0.5) is 0 Å². The van der Waals surface area contributed by atoms with Crippen molar-refractivity contribution >= 4 is 23.2 Å². The molecule has 1 aliphatic rings. The highest BCUT2D eigenvalue weighted by molar-refractivity contribution is 6.34. The zero-order valence-electron chi connectivity index (χ0n) is 12.1. The molecule has 0 heterocycles. The molecule has 0 N–H and O–H groups in total. The molecule has 1 aromatic carbocycles. The van der Waals surface area contributed by atoms with Gasteiger partial charge in [-0.05, 0) is 24.8 Å². The van der Waals surface area contributed by atoms with Gasteiger partial charge in [-0.3, -0.25) is 0 Å². The van der Waals surface area contributed by atoms with E-state index in [2.05, 4.69) is 0 Å². The molecule has 20 heavy (non-hydrogen) atoms. The van der Waals surface area contributed by atoms with Crippen LogP contribution in [0.1, 0.15) is 49.5 Å². The molecule has 0 saturated heterocycles. The van der Waals surface area contributed by atoms with E-state index >= 15 is 0 Å². The van der Waals surface area contributed by atoms with Crippen molar-refractivity contribution in [2.75, 3.05) is 14.2 Å². The number of hydrogen-bond acceptors (Lipinski definition) is 2. The van der Waals surface area contributed by atoms with Gasteiger partial charge in [0.15, 0.2) is 0 Å². The smallest absolute Gasteiger partial charge is 0.145 e. The molecule has 1 atom stereocenters. The van der Waals surface area contributed by atoms with Crippen LogP contribution in [-0.4, -0.2) is 14.2 Å². The summed E-state index contributed by atoms with van der Waals surface area (Å²) in [5.74, 6) is 2.10. The third kappa shape index (κ3) is 3.53. The molecular weight excluding hydrogens is 295 g/mol. The molecule has 0 spiro atoms. The Labute approximate surface area is 131 Å². The van der Waals surface area contributed by atoms with E-state index in [1.807, 2.05) is 12.1 Å². The normalized spacial score (nSPS) is 17.2. The molecule has 1 unspecified atom stereocenters. The van der Waals surface area contributed by atoms with E-state index in [4.69, 9.17) is 32.7 Å². The minimum Gasteiger partial charge on any atom is -0.495 e. The van der Waals surface area contributed by atoms with E-state index < -0.39 is 0 Å². The maximum atomic E-state index is 6.56. The number of methoxy groups -OCH3 is 2. The predicted octanol–water partition coefficient (Wildman–Crippen LogP) is 5.61. The fourth-order valence-electron chi connectivity index (χ4n) is 3.00. The summed E-state index contributed by atoms with van der Waals surface area (Å²) in [6, 6.07) is 3.81. The quantitative estimate of drug-likeness (QED) is 0.635. The van der Waals surface area contributed by atoms with Crippen molar-refractivity contribution in [1.29, 1.82) is 0 Å². The number of alkyl halides is 1. The molecule has 2 nitrogen and oxygen atoms in total. The Bertz CT molecular complexity index is 442. The Balaban J connectivity index is 2.08. The number of halogens is 2. The topological polar surface area (TPSA) is 18.5 Å². The lowest BCUT2D eigenvalue weighted by Crippen LogP contribution is -2.01. The van der Waals surface area contributed by atoms with Gasteiger partial charge in [0.1, 0.15) is 16.5 Å². The summed E-state index contributed by atoms with van der Waals surface area (Å²) in [5, 5.41) is 0.438. The molecule has 0 bridgehead atoms. The summed E-state index contributed by atoms with van der Waals surface area (Å²) >= 11 is 12.8. The van der Waals surface area contributed by atoms with Gasteiger partial charge in [-0.15, -0.1) is 11.6 Å². The average Bonchev–Trinajstić information content (AvgIpc) is 2.97. The molecule has 1 aromatic rings. The van der Waals surface area contributed by atoms with Gasteiger partial charge >= 0.3 is 0 Å². The molecule has 0 radical (unpaired) electrons. The van der Waals surface area contributed by atoms with Crippen LogP contribution < -0.4 is 9.47 Å². The monoisotopic (exact) mass is 316 g/mol. The first-order valence-electron chi connectivity index (χ1n) is 7.21. The van der Waals surface area contributed by atoms with Crippen LogP contribution in [0.5, 0.6) is 11.5 Å². The second-order valence-corrected chi connectivity index (χ2v) is 6.30. The third-order valence-electron chi connectivity index (χ3n) is 4.16. The van der Waals surface area contributed by atoms with Crippen LogP contribution in [-0.2, 0) is 0 Å². The highest BCUT2D eigenvalue weighted by Gasteiger charge is 2.21. The fourth-order valence-corrected chi connectivity index (χ4v) is 3.63. The van der Waals surface area contributed by atoms with Crippen LogP contribution in [0, 0.1) is 5.92 Å². The lowest BCUT2D eigenvalue weighted by atomic mass is 9.97. The molecule has 1 aliphatic carbocycles. The molecule has 1 fully saturated rings. The third-order valence-corrected chi connectivity index (χ3v) is 4.97. The maximum absolute atomic E-state index is 6.56. The zero-order chi connectivity index (χ0) is 14.5. The Morgan fingerprint density at radius 3 is 2.50 bits per heavy atom. The highest BCUT2D eigenvalue weighted by Crippen LogP contribution is 2.43. The maximum Gasteiger partial charge on any atom is 0.145 e. The minimum atomic E-state index is -0.0612. The van der Waals surface area contributed by atoms with Gasteiger partial charge in [-0.25, -0.2) is 0 Å². The van der Waals surface area contributed by atoms with E-state index in [0.717, 1.165) is 17.9 Å². The van der Waals surface area contributed by atoms with Crippen molar-refractivity contribution in [3.63, 3.8) is 0 Å². The SMILES string of the molecule is COc1ccc(C(Cl)CCC2CCCC2)c(OC)c1Cl. The molecule has 112 valence electrons. The van der Waals surface area contributed by atoms with Crippen molar-refractivity contribution in [2.24, 2.45) is 5.92 Å². The highest BCUT2D eigenvalue weighted by atomic mass is 35.5.